The minimum Gasteiger partial charge on any atom is -0.605 e. The lowest BCUT2D eigenvalue weighted by Gasteiger charge is -1.93. The van der Waals surface area contributed by atoms with Gasteiger partial charge in [-0.15, -0.1) is 0 Å². The van der Waals surface area contributed by atoms with Gasteiger partial charge in [0.15, 0.2) is 0 Å². The predicted octanol–water partition coefficient (Wildman–Crippen LogP) is 1.96. The van der Waals surface area contributed by atoms with Crippen LogP contribution in [0.3, 0.4) is 0 Å². The first-order valence-electron chi connectivity index (χ1n) is 3.01. The number of rotatable bonds is 0. The van der Waals surface area contributed by atoms with E-state index in [0.717, 1.165) is 5.75 Å². The fraction of sp³-hybridized carbons (Fsp3) is 0.143. The predicted molar refractivity (Wildman–Crippen MR) is 44.1 cm³/mol. The summed E-state index contributed by atoms with van der Waals surface area (Å²) in [6.45, 7) is 0. The molecule has 1 aromatic rings. The van der Waals surface area contributed by atoms with Crippen LogP contribution in [-0.4, -0.2) is 4.55 Å². The minimum absolute atomic E-state index is 0.703. The summed E-state index contributed by atoms with van der Waals surface area (Å²) in [5.74, 6) is 0.723. The van der Waals surface area contributed by atoms with Gasteiger partial charge in [-0.2, -0.15) is 0 Å². The third-order valence-corrected chi connectivity index (χ3v) is 4.19. The fourth-order valence-electron chi connectivity index (χ4n) is 0.961. The lowest BCUT2D eigenvalue weighted by molar-refractivity contribution is 0.609. The van der Waals surface area contributed by atoms with E-state index < -0.39 is 10.2 Å². The largest absolute Gasteiger partial charge is 0.605 e. The number of hydrogen-bond donors (Lipinski definition) is 0. The van der Waals surface area contributed by atoms with Gasteiger partial charge >= 0.3 is 0 Å². The van der Waals surface area contributed by atoms with Gasteiger partial charge in [0.25, 0.3) is 0 Å². The molecule has 10 heavy (non-hydrogen) atoms. The maximum atomic E-state index is 11.0. The maximum absolute atomic E-state index is 11.0. The third-order valence-electron chi connectivity index (χ3n) is 1.43. The van der Waals surface area contributed by atoms with E-state index in [-0.39, 0.29) is 0 Å². The highest BCUT2D eigenvalue weighted by Gasteiger charge is 2.23. The molecule has 0 saturated carbocycles. The average molecular weight is 170 g/mol. The van der Waals surface area contributed by atoms with E-state index in [1.807, 2.05) is 24.3 Å². The molecule has 0 spiro atoms. The van der Waals surface area contributed by atoms with Crippen LogP contribution >= 0.6 is 10.8 Å². The molecule has 0 amide bonds. The van der Waals surface area contributed by atoms with Crippen LogP contribution in [0.5, 0.6) is 0 Å². The summed E-state index contributed by atoms with van der Waals surface area (Å²) in [7, 11) is 0.761. The topological polar surface area (TPSA) is 23.1 Å². The molecule has 1 unspecified atom stereocenters. The molecule has 1 atom stereocenters. The Hall–Kier alpha value is -0.120. The van der Waals surface area contributed by atoms with Crippen molar-refractivity contribution in [2.24, 2.45) is 0 Å². The smallest absolute Gasteiger partial charge is 0.144 e. The second kappa shape index (κ2) is 2.49. The number of hydrogen-bond acceptors (Lipinski definition) is 2. The highest BCUT2D eigenvalue weighted by atomic mass is 33.1. The highest BCUT2D eigenvalue weighted by Crippen LogP contribution is 2.37. The molecule has 1 aliphatic rings. The average Bonchev–Trinajstić information content (AvgIpc) is 2.27. The van der Waals surface area contributed by atoms with Crippen molar-refractivity contribution < 1.29 is 4.55 Å². The zero-order chi connectivity index (χ0) is 6.97. The normalized spacial score (nSPS) is 22.7. The van der Waals surface area contributed by atoms with Crippen molar-refractivity contribution in [1.82, 2.24) is 0 Å². The van der Waals surface area contributed by atoms with Gasteiger partial charge in [0, 0.05) is 15.8 Å². The van der Waals surface area contributed by atoms with E-state index >= 15 is 0 Å². The van der Waals surface area contributed by atoms with Crippen LogP contribution in [0.15, 0.2) is 29.2 Å². The third kappa shape index (κ3) is 1.05. The zero-order valence-corrected chi connectivity index (χ0v) is 6.87. The SMILES string of the molecule is [O-][S+]1Cc2ccccc2S1. The van der Waals surface area contributed by atoms with Gasteiger partial charge in [0.1, 0.15) is 16.5 Å². The summed E-state index contributed by atoms with van der Waals surface area (Å²) in [6.07, 6.45) is 0. The number of benzene rings is 1. The molecule has 1 heterocycles. The summed E-state index contributed by atoms with van der Waals surface area (Å²) in [5.41, 5.74) is 1.23. The van der Waals surface area contributed by atoms with Crippen LogP contribution in [0.25, 0.3) is 0 Å². The molecule has 0 N–H and O–H groups in total. The molecule has 0 aromatic heterocycles. The van der Waals surface area contributed by atoms with E-state index in [1.165, 1.54) is 21.3 Å². The molecular weight excluding hydrogens is 164 g/mol. The standard InChI is InChI=1S/C7H6OS2/c8-10-5-6-3-1-2-4-7(6)9-10/h1-4H,5H2. The maximum Gasteiger partial charge on any atom is 0.144 e. The van der Waals surface area contributed by atoms with Crippen molar-refractivity contribution in [2.45, 2.75) is 10.6 Å². The molecule has 0 aliphatic carbocycles. The number of fused-ring (bicyclic) bond motifs is 1. The van der Waals surface area contributed by atoms with E-state index in [9.17, 15) is 4.55 Å². The molecule has 0 radical (unpaired) electrons. The van der Waals surface area contributed by atoms with Crippen molar-refractivity contribution in [3.63, 3.8) is 0 Å². The lowest BCUT2D eigenvalue weighted by atomic mass is 10.2. The lowest BCUT2D eigenvalue weighted by Crippen LogP contribution is -1.88. The Morgan fingerprint density at radius 2 is 2.20 bits per heavy atom. The van der Waals surface area contributed by atoms with Crippen LogP contribution in [-0.2, 0) is 16.0 Å². The van der Waals surface area contributed by atoms with E-state index in [4.69, 9.17) is 0 Å². The van der Waals surface area contributed by atoms with Crippen LogP contribution < -0.4 is 0 Å². The van der Waals surface area contributed by atoms with Gasteiger partial charge in [-0.25, -0.2) is 0 Å². The molecule has 3 heteroatoms. The fourth-order valence-corrected chi connectivity index (χ4v) is 3.84. The van der Waals surface area contributed by atoms with Crippen molar-refractivity contribution in [3.8, 4) is 0 Å². The molecule has 1 nitrogen and oxygen atoms in total. The van der Waals surface area contributed by atoms with Gasteiger partial charge < -0.3 is 4.55 Å². The van der Waals surface area contributed by atoms with E-state index in [0.29, 0.717) is 0 Å². The van der Waals surface area contributed by atoms with Gasteiger partial charge in [0.2, 0.25) is 0 Å². The van der Waals surface area contributed by atoms with Gasteiger partial charge in [-0.3, -0.25) is 0 Å². The van der Waals surface area contributed by atoms with Gasteiger partial charge in [0.05, 0.1) is 4.90 Å². The first kappa shape index (κ1) is 6.58. The molecule has 2 rings (SSSR count). The summed E-state index contributed by atoms with van der Waals surface area (Å²) in [4.78, 5) is 1.18. The van der Waals surface area contributed by atoms with Crippen LogP contribution in [0.1, 0.15) is 5.56 Å². The monoisotopic (exact) mass is 170 g/mol. The quantitative estimate of drug-likeness (QED) is 0.439. The second-order valence-electron chi connectivity index (χ2n) is 2.14. The van der Waals surface area contributed by atoms with E-state index in [1.54, 1.807) is 0 Å². The molecule has 1 aliphatic heterocycles. The Balaban J connectivity index is 2.42. The van der Waals surface area contributed by atoms with Crippen LogP contribution in [0.2, 0.25) is 0 Å². The Labute approximate surface area is 66.4 Å². The molecule has 0 saturated heterocycles. The first-order chi connectivity index (χ1) is 4.86. The van der Waals surface area contributed by atoms with E-state index in [2.05, 4.69) is 0 Å². The summed E-state index contributed by atoms with van der Waals surface area (Å²) < 4.78 is 11.0. The van der Waals surface area contributed by atoms with Crippen LogP contribution in [0.4, 0.5) is 0 Å². The zero-order valence-electron chi connectivity index (χ0n) is 5.24. The first-order valence-corrected chi connectivity index (χ1v) is 5.66. The Kier molecular flexibility index (Phi) is 1.64. The van der Waals surface area contributed by atoms with Gasteiger partial charge in [-0.05, 0) is 6.07 Å². The van der Waals surface area contributed by atoms with Crippen molar-refractivity contribution in [1.29, 1.82) is 0 Å². The minimum atomic E-state index is -0.703. The molecule has 1 aromatic carbocycles. The highest BCUT2D eigenvalue weighted by molar-refractivity contribution is 8.72. The van der Waals surface area contributed by atoms with Crippen LogP contribution in [0, 0.1) is 0 Å². The van der Waals surface area contributed by atoms with Crippen molar-refractivity contribution in [2.75, 3.05) is 0 Å². The Bertz CT molecular complexity index is 224. The summed E-state index contributed by atoms with van der Waals surface area (Å²) in [6, 6.07) is 8.02. The molecule has 0 bridgehead atoms. The Morgan fingerprint density at radius 1 is 1.40 bits per heavy atom. The Morgan fingerprint density at radius 3 is 3.00 bits per heavy atom. The van der Waals surface area contributed by atoms with Crippen molar-refractivity contribution in [3.05, 3.63) is 29.8 Å². The molecule has 0 fully saturated rings. The second-order valence-corrected chi connectivity index (χ2v) is 5.26. The molecule has 52 valence electrons. The van der Waals surface area contributed by atoms with Gasteiger partial charge in [-0.1, -0.05) is 18.2 Å². The summed E-state index contributed by atoms with van der Waals surface area (Å²) >= 11 is 0. The molecular formula is C7H6OS2. The van der Waals surface area contributed by atoms with Crippen molar-refractivity contribution >= 4 is 21.0 Å². The summed E-state index contributed by atoms with van der Waals surface area (Å²) in [5, 5.41) is 0.